The number of allylic oxidation sites excluding steroid dienone is 5. The van der Waals surface area contributed by atoms with Crippen LogP contribution in [0.15, 0.2) is 77.6 Å². The largest absolute Gasteiger partial charge is 0.478 e. The Labute approximate surface area is 256 Å². The summed E-state index contributed by atoms with van der Waals surface area (Å²) in [5.74, 6) is -8.89. The second-order valence-corrected chi connectivity index (χ2v) is 14.0. The van der Waals surface area contributed by atoms with Crippen LogP contribution < -0.4 is 15.5 Å². The SMILES string of the molecule is COC(=O)c1c(F)c(F)c(C(=O)O)c(C2=C3C=CC(=[N+]4CCC4)C=C3P(=O)(c3ccccc3)c3cc(N4CCC4)ccc32)c1F. The Kier molecular flexibility index (Phi) is 6.93. The Morgan fingerprint density at radius 2 is 1.64 bits per heavy atom. The molecule has 0 saturated carbocycles. The Hall–Kier alpha value is -4.69. The van der Waals surface area contributed by atoms with Crippen molar-refractivity contribution in [2.24, 2.45) is 0 Å². The van der Waals surface area contributed by atoms with E-state index in [0.717, 1.165) is 57.5 Å². The van der Waals surface area contributed by atoms with Gasteiger partial charge < -0.3 is 19.3 Å². The number of nitrogens with zero attached hydrogens (tertiary/aromatic N) is 2. The van der Waals surface area contributed by atoms with Gasteiger partial charge in [-0.25, -0.2) is 27.3 Å². The molecule has 4 aliphatic rings. The van der Waals surface area contributed by atoms with Crippen LogP contribution in [0.3, 0.4) is 0 Å². The Bertz CT molecular complexity index is 2010. The lowest BCUT2D eigenvalue weighted by atomic mass is 9.85. The number of carboxylic acids is 1. The van der Waals surface area contributed by atoms with Crippen molar-refractivity contribution in [1.29, 1.82) is 0 Å². The lowest BCUT2D eigenvalue weighted by Crippen LogP contribution is -2.38. The first-order chi connectivity index (χ1) is 21.7. The van der Waals surface area contributed by atoms with E-state index < -0.39 is 53.2 Å². The molecule has 1 aliphatic carbocycles. The summed E-state index contributed by atoms with van der Waals surface area (Å²) < 4.78 is 69.7. The van der Waals surface area contributed by atoms with E-state index in [4.69, 9.17) is 0 Å². The number of methoxy groups -OCH3 is 1. The molecule has 0 spiro atoms. The molecule has 7 nitrogen and oxygen atoms in total. The van der Waals surface area contributed by atoms with Gasteiger partial charge in [-0.3, -0.25) is 0 Å². The zero-order chi connectivity index (χ0) is 31.6. The van der Waals surface area contributed by atoms with Crippen molar-refractivity contribution >= 4 is 46.7 Å². The molecule has 0 bridgehead atoms. The maximum Gasteiger partial charge on any atom is 0.344 e. The summed E-state index contributed by atoms with van der Waals surface area (Å²) in [6.07, 6.45) is 7.09. The number of aromatic carboxylic acids is 1. The highest BCUT2D eigenvalue weighted by Crippen LogP contribution is 2.62. The highest BCUT2D eigenvalue weighted by atomic mass is 31.2. The molecule has 3 aromatic carbocycles. The van der Waals surface area contributed by atoms with E-state index in [0.29, 0.717) is 15.9 Å². The summed E-state index contributed by atoms with van der Waals surface area (Å²) in [5.41, 5.74) is -1.62. The van der Waals surface area contributed by atoms with Crippen molar-refractivity contribution in [1.82, 2.24) is 0 Å². The van der Waals surface area contributed by atoms with E-state index >= 15 is 17.7 Å². The van der Waals surface area contributed by atoms with Crippen LogP contribution in [0.1, 0.15) is 44.7 Å². The number of ether oxygens (including phenoxy) is 1. The number of halogens is 3. The summed E-state index contributed by atoms with van der Waals surface area (Å²) in [6, 6.07) is 14.0. The highest BCUT2D eigenvalue weighted by molar-refractivity contribution is 7.83. The summed E-state index contributed by atoms with van der Waals surface area (Å²) >= 11 is 0. The number of hydrogen-bond donors (Lipinski definition) is 1. The van der Waals surface area contributed by atoms with Crippen molar-refractivity contribution in [3.05, 3.63) is 117 Å². The lowest BCUT2D eigenvalue weighted by Gasteiger charge is -2.37. The summed E-state index contributed by atoms with van der Waals surface area (Å²) in [5, 5.41) is 11.3. The minimum Gasteiger partial charge on any atom is -0.478 e. The zero-order valence-electron chi connectivity index (χ0n) is 24.1. The van der Waals surface area contributed by atoms with Crippen molar-refractivity contribution in [3.63, 3.8) is 0 Å². The van der Waals surface area contributed by atoms with Gasteiger partial charge >= 0.3 is 11.9 Å². The van der Waals surface area contributed by atoms with E-state index in [1.54, 1.807) is 66.8 Å². The van der Waals surface area contributed by atoms with Gasteiger partial charge in [0.15, 0.2) is 18.8 Å². The average Bonchev–Trinajstić information content (AvgIpc) is 2.98. The molecule has 228 valence electrons. The standard InChI is InChI=1S/C34H26F3N2O5P/c1-44-34(42)29-30(35)27(28(33(40)41)31(36)32(29)37)26-22-11-9-19(38-13-5-14-38)17-24(22)45(43,21-7-3-2-4-8-21)25-18-20(10-12-23(25)26)39-15-6-16-39/h2-4,7-12,17-18H,5-6,13-16H2,1H3/p+1. The van der Waals surface area contributed by atoms with Gasteiger partial charge in [0.2, 0.25) is 5.71 Å². The molecule has 0 aromatic heterocycles. The van der Waals surface area contributed by atoms with Gasteiger partial charge in [-0.2, -0.15) is 0 Å². The van der Waals surface area contributed by atoms with Crippen LogP contribution >= 0.6 is 7.14 Å². The number of anilines is 1. The van der Waals surface area contributed by atoms with Crippen molar-refractivity contribution in [2.75, 3.05) is 38.2 Å². The monoisotopic (exact) mass is 631 g/mol. The number of carbonyl (C=O) groups is 2. The van der Waals surface area contributed by atoms with Crippen molar-refractivity contribution in [3.8, 4) is 0 Å². The number of carboxylic acid groups (broad SMARTS) is 1. The van der Waals surface area contributed by atoms with Gasteiger partial charge in [-0.05, 0) is 35.8 Å². The summed E-state index contributed by atoms with van der Waals surface area (Å²) in [7, 11) is -2.84. The third-order valence-electron chi connectivity index (χ3n) is 8.92. The molecule has 45 heavy (non-hydrogen) atoms. The number of esters is 1. The number of carbonyl (C=O) groups excluding carboxylic acids is 1. The summed E-state index contributed by atoms with van der Waals surface area (Å²) in [4.78, 5) is 27.2. The van der Waals surface area contributed by atoms with Gasteiger partial charge in [0.1, 0.15) is 30.0 Å². The maximum absolute atomic E-state index is 16.5. The third-order valence-corrected chi connectivity index (χ3v) is 12.0. The fraction of sp³-hybridized carbons (Fsp3) is 0.206. The normalized spacial score (nSPS) is 20.2. The number of hydrogen-bond acceptors (Lipinski definition) is 5. The van der Waals surface area contributed by atoms with E-state index in [-0.39, 0.29) is 16.7 Å². The second kappa shape index (κ2) is 10.7. The van der Waals surface area contributed by atoms with E-state index in [2.05, 4.69) is 14.2 Å². The molecule has 2 fully saturated rings. The highest BCUT2D eigenvalue weighted by Gasteiger charge is 2.46. The van der Waals surface area contributed by atoms with Gasteiger partial charge in [0.05, 0.1) is 13.5 Å². The van der Waals surface area contributed by atoms with Crippen LogP contribution in [0.4, 0.5) is 18.9 Å². The molecule has 1 N–H and O–H groups in total. The molecule has 0 radical (unpaired) electrons. The van der Waals surface area contributed by atoms with Crippen molar-refractivity contribution in [2.45, 2.75) is 12.8 Å². The Morgan fingerprint density at radius 3 is 2.24 bits per heavy atom. The molecule has 1 atom stereocenters. The third kappa shape index (κ3) is 4.26. The maximum atomic E-state index is 16.5. The van der Waals surface area contributed by atoms with Gasteiger partial charge in [0, 0.05) is 58.0 Å². The van der Waals surface area contributed by atoms with Crippen LogP contribution in [0.25, 0.3) is 5.57 Å². The minimum absolute atomic E-state index is 0.105. The van der Waals surface area contributed by atoms with Gasteiger partial charge in [0.25, 0.3) is 0 Å². The van der Waals surface area contributed by atoms with Crippen molar-refractivity contribution < 1.29 is 41.7 Å². The molecule has 3 aromatic rings. The number of fused-ring (bicyclic) bond motifs is 2. The average molecular weight is 632 g/mol. The zero-order valence-corrected chi connectivity index (χ0v) is 25.0. The minimum atomic E-state index is -3.73. The molecule has 3 heterocycles. The summed E-state index contributed by atoms with van der Waals surface area (Å²) in [6.45, 7) is 3.13. The molecule has 11 heteroatoms. The second-order valence-electron chi connectivity index (χ2n) is 11.3. The molecular formula is C34H27F3N2O5P+. The van der Waals surface area contributed by atoms with E-state index in [9.17, 15) is 14.7 Å². The molecule has 0 amide bonds. The Morgan fingerprint density at radius 1 is 0.933 bits per heavy atom. The van der Waals surface area contributed by atoms with Crippen LogP contribution in [-0.4, -0.2) is 60.6 Å². The molecule has 3 aliphatic heterocycles. The fourth-order valence-electron chi connectivity index (χ4n) is 6.36. The fourth-order valence-corrected chi connectivity index (χ4v) is 9.45. The number of rotatable bonds is 5. The lowest BCUT2D eigenvalue weighted by molar-refractivity contribution is -0.582. The Balaban J connectivity index is 1.65. The van der Waals surface area contributed by atoms with Gasteiger partial charge in [-0.15, -0.1) is 0 Å². The smallest absolute Gasteiger partial charge is 0.344 e. The first kappa shape index (κ1) is 29.0. The van der Waals surface area contributed by atoms with Crippen LogP contribution in [0.2, 0.25) is 0 Å². The topological polar surface area (TPSA) is 86.9 Å². The first-order valence-electron chi connectivity index (χ1n) is 14.5. The van der Waals surface area contributed by atoms with Crippen LogP contribution in [-0.2, 0) is 9.30 Å². The van der Waals surface area contributed by atoms with Crippen LogP contribution in [0, 0.1) is 17.5 Å². The number of benzene rings is 3. The molecular weight excluding hydrogens is 604 g/mol. The molecule has 1 unspecified atom stereocenters. The van der Waals surface area contributed by atoms with Gasteiger partial charge in [-0.1, -0.05) is 36.4 Å². The predicted molar refractivity (Wildman–Crippen MR) is 164 cm³/mol. The van der Waals surface area contributed by atoms with E-state index in [1.807, 2.05) is 0 Å². The van der Waals surface area contributed by atoms with Crippen LogP contribution in [0.5, 0.6) is 0 Å². The first-order valence-corrected chi connectivity index (χ1v) is 16.2. The quantitative estimate of drug-likeness (QED) is 0.180. The predicted octanol–water partition coefficient (Wildman–Crippen LogP) is 5.24. The molecule has 7 rings (SSSR count). The molecule has 2 saturated heterocycles. The van der Waals surface area contributed by atoms with E-state index in [1.165, 1.54) is 0 Å².